The van der Waals surface area contributed by atoms with E-state index in [2.05, 4.69) is 30.2 Å². The molecule has 3 aromatic heterocycles. The molecule has 4 aromatic rings. The molecule has 4 heterocycles. The minimum absolute atomic E-state index is 0.836. The van der Waals surface area contributed by atoms with E-state index in [4.69, 9.17) is 9.72 Å². The number of imidazole rings is 1. The van der Waals surface area contributed by atoms with Gasteiger partial charge in [0.2, 0.25) is 0 Å². The zero-order valence-corrected chi connectivity index (χ0v) is 17.0. The number of methoxy groups -OCH3 is 1. The minimum atomic E-state index is 0.836. The summed E-state index contributed by atoms with van der Waals surface area (Å²) < 4.78 is 7.48. The maximum Gasteiger partial charge on any atom is 0.180 e. The van der Waals surface area contributed by atoms with Gasteiger partial charge in [0.15, 0.2) is 11.5 Å². The number of hydrogen-bond acceptors (Lipinski definition) is 7. The van der Waals surface area contributed by atoms with Crippen LogP contribution in [0.1, 0.15) is 5.01 Å². The van der Waals surface area contributed by atoms with E-state index in [9.17, 15) is 0 Å². The summed E-state index contributed by atoms with van der Waals surface area (Å²) in [7, 11) is 1.68. The fourth-order valence-electron chi connectivity index (χ4n) is 3.76. The second-order valence-electron chi connectivity index (χ2n) is 7.01. The third-order valence-corrected chi connectivity index (χ3v) is 6.05. The first-order chi connectivity index (χ1) is 14.3. The van der Waals surface area contributed by atoms with Crippen LogP contribution in [-0.4, -0.2) is 57.5 Å². The lowest BCUT2D eigenvalue weighted by Gasteiger charge is -2.34. The molecule has 29 heavy (non-hydrogen) atoms. The number of nitrogens with zero attached hydrogens (tertiary/aromatic N) is 6. The Hall–Kier alpha value is -2.97. The van der Waals surface area contributed by atoms with E-state index in [0.29, 0.717) is 0 Å². The number of benzene rings is 1. The third-order valence-electron chi connectivity index (χ3n) is 5.29. The van der Waals surface area contributed by atoms with E-state index < -0.39 is 0 Å². The number of anilines is 1. The Balaban J connectivity index is 1.38. The van der Waals surface area contributed by atoms with Gasteiger partial charge in [0.05, 0.1) is 25.5 Å². The molecule has 0 spiro atoms. The van der Waals surface area contributed by atoms with Gasteiger partial charge in [-0.3, -0.25) is 9.30 Å². The van der Waals surface area contributed by atoms with Crippen molar-refractivity contribution in [3.05, 3.63) is 59.4 Å². The third kappa shape index (κ3) is 3.56. The van der Waals surface area contributed by atoms with E-state index in [1.165, 1.54) is 5.01 Å². The van der Waals surface area contributed by atoms with Crippen molar-refractivity contribution in [3.8, 4) is 17.0 Å². The first-order valence-electron chi connectivity index (χ1n) is 9.64. The molecule has 1 aliphatic heterocycles. The maximum atomic E-state index is 5.37. The zero-order chi connectivity index (χ0) is 19.6. The fraction of sp³-hybridized carbons (Fsp3) is 0.286. The van der Waals surface area contributed by atoms with Crippen LogP contribution in [0.5, 0.6) is 5.75 Å². The SMILES string of the molecule is COc1cccc(-c2cnc3c(N4CCN(Cc5nccs5)CC4)nccn23)c1. The highest BCUT2D eigenvalue weighted by Crippen LogP contribution is 2.28. The first-order valence-corrected chi connectivity index (χ1v) is 10.5. The van der Waals surface area contributed by atoms with Crippen LogP contribution in [0.15, 0.2) is 54.4 Å². The standard InChI is InChI=1S/C21H22N6OS/c1-28-17-4-2-3-16(13-17)18-14-24-21-20(23-5-7-27(18)21)26-10-8-25(9-11-26)15-19-22-6-12-29-19/h2-7,12-14H,8-11,15H2,1H3. The molecule has 1 aromatic carbocycles. The van der Waals surface area contributed by atoms with E-state index in [0.717, 1.165) is 61.2 Å². The van der Waals surface area contributed by atoms with E-state index in [1.807, 2.05) is 48.4 Å². The zero-order valence-electron chi connectivity index (χ0n) is 16.2. The van der Waals surface area contributed by atoms with Crippen LogP contribution in [0.2, 0.25) is 0 Å². The number of thiazole rings is 1. The van der Waals surface area contributed by atoms with Gasteiger partial charge >= 0.3 is 0 Å². The molecule has 0 radical (unpaired) electrons. The smallest absolute Gasteiger partial charge is 0.180 e. The topological polar surface area (TPSA) is 58.8 Å². The van der Waals surface area contributed by atoms with E-state index in [-0.39, 0.29) is 0 Å². The first kappa shape index (κ1) is 18.1. The second-order valence-corrected chi connectivity index (χ2v) is 7.99. The van der Waals surface area contributed by atoms with Gasteiger partial charge in [0.1, 0.15) is 10.8 Å². The van der Waals surface area contributed by atoms with Gasteiger partial charge in [0, 0.05) is 55.7 Å². The van der Waals surface area contributed by atoms with Crippen molar-refractivity contribution >= 4 is 22.8 Å². The van der Waals surface area contributed by atoms with Crippen LogP contribution in [0.3, 0.4) is 0 Å². The number of rotatable bonds is 5. The van der Waals surface area contributed by atoms with Crippen LogP contribution < -0.4 is 9.64 Å². The molecule has 0 aliphatic carbocycles. The van der Waals surface area contributed by atoms with Crippen LogP contribution in [-0.2, 0) is 6.54 Å². The van der Waals surface area contributed by atoms with Gasteiger partial charge in [-0.05, 0) is 12.1 Å². The van der Waals surface area contributed by atoms with Gasteiger partial charge in [-0.1, -0.05) is 12.1 Å². The van der Waals surface area contributed by atoms with Crippen molar-refractivity contribution in [1.29, 1.82) is 0 Å². The van der Waals surface area contributed by atoms with Crippen molar-refractivity contribution in [2.75, 3.05) is 38.2 Å². The van der Waals surface area contributed by atoms with E-state index >= 15 is 0 Å². The molecule has 148 valence electrons. The summed E-state index contributed by atoms with van der Waals surface area (Å²) in [5.41, 5.74) is 2.99. The molecule has 0 N–H and O–H groups in total. The van der Waals surface area contributed by atoms with Crippen LogP contribution in [0.25, 0.3) is 16.9 Å². The highest BCUT2D eigenvalue weighted by molar-refractivity contribution is 7.09. The molecule has 1 saturated heterocycles. The van der Waals surface area contributed by atoms with Crippen LogP contribution >= 0.6 is 11.3 Å². The summed E-state index contributed by atoms with van der Waals surface area (Å²) in [6.45, 7) is 4.77. The number of hydrogen-bond donors (Lipinski definition) is 0. The van der Waals surface area contributed by atoms with Crippen molar-refractivity contribution < 1.29 is 4.74 Å². The van der Waals surface area contributed by atoms with Gasteiger partial charge in [-0.2, -0.15) is 0 Å². The molecule has 0 atom stereocenters. The fourth-order valence-corrected chi connectivity index (χ4v) is 4.42. The quantitative estimate of drug-likeness (QED) is 0.507. The molecule has 0 amide bonds. The summed E-state index contributed by atoms with van der Waals surface area (Å²) in [5, 5.41) is 3.21. The van der Waals surface area contributed by atoms with Crippen molar-refractivity contribution in [2.24, 2.45) is 0 Å². The lowest BCUT2D eigenvalue weighted by molar-refractivity contribution is 0.249. The molecule has 1 fully saturated rings. The summed E-state index contributed by atoms with van der Waals surface area (Å²) in [6.07, 6.45) is 7.61. The second kappa shape index (κ2) is 7.81. The van der Waals surface area contributed by atoms with Crippen molar-refractivity contribution in [1.82, 2.24) is 24.3 Å². The van der Waals surface area contributed by atoms with Gasteiger partial charge in [-0.15, -0.1) is 11.3 Å². The maximum absolute atomic E-state index is 5.37. The molecular weight excluding hydrogens is 384 g/mol. The average molecular weight is 407 g/mol. The Kier molecular flexibility index (Phi) is 4.87. The minimum Gasteiger partial charge on any atom is -0.497 e. The number of ether oxygens (including phenoxy) is 1. The van der Waals surface area contributed by atoms with Gasteiger partial charge in [-0.25, -0.2) is 15.0 Å². The highest BCUT2D eigenvalue weighted by atomic mass is 32.1. The Morgan fingerprint density at radius 2 is 1.97 bits per heavy atom. The largest absolute Gasteiger partial charge is 0.497 e. The summed E-state index contributed by atoms with van der Waals surface area (Å²) in [4.78, 5) is 18.5. The molecule has 0 saturated carbocycles. The van der Waals surface area contributed by atoms with Gasteiger partial charge in [0.25, 0.3) is 0 Å². The summed E-state index contributed by atoms with van der Waals surface area (Å²) in [5.74, 6) is 1.78. The monoisotopic (exact) mass is 406 g/mol. The molecule has 5 rings (SSSR count). The van der Waals surface area contributed by atoms with Gasteiger partial charge < -0.3 is 9.64 Å². The van der Waals surface area contributed by atoms with Crippen LogP contribution in [0.4, 0.5) is 5.82 Å². The Morgan fingerprint density at radius 3 is 2.76 bits per heavy atom. The lowest BCUT2D eigenvalue weighted by atomic mass is 10.1. The summed E-state index contributed by atoms with van der Waals surface area (Å²) >= 11 is 1.72. The molecule has 0 bridgehead atoms. The normalized spacial score (nSPS) is 15.1. The number of fused-ring (bicyclic) bond motifs is 1. The molecule has 0 unspecified atom stereocenters. The molecule has 8 heteroatoms. The number of aromatic nitrogens is 4. The van der Waals surface area contributed by atoms with Crippen molar-refractivity contribution in [2.45, 2.75) is 6.54 Å². The molecule has 1 aliphatic rings. The molecular formula is C21H22N6OS. The Labute approximate surface area is 173 Å². The predicted molar refractivity (Wildman–Crippen MR) is 115 cm³/mol. The number of piperazine rings is 1. The van der Waals surface area contributed by atoms with Crippen LogP contribution in [0, 0.1) is 0 Å². The highest BCUT2D eigenvalue weighted by Gasteiger charge is 2.22. The molecule has 7 nitrogen and oxygen atoms in total. The van der Waals surface area contributed by atoms with Crippen molar-refractivity contribution in [3.63, 3.8) is 0 Å². The average Bonchev–Trinajstić information content (AvgIpc) is 3.44. The van der Waals surface area contributed by atoms with E-state index in [1.54, 1.807) is 18.4 Å². The Bertz CT molecular complexity index is 1100. The predicted octanol–water partition coefficient (Wildman–Crippen LogP) is 3.18. The summed E-state index contributed by atoms with van der Waals surface area (Å²) in [6, 6.07) is 8.05. The Morgan fingerprint density at radius 1 is 1.07 bits per heavy atom. The lowest BCUT2D eigenvalue weighted by Crippen LogP contribution is -2.46.